The highest BCUT2D eigenvalue weighted by molar-refractivity contribution is 5.98. The van der Waals surface area contributed by atoms with Gasteiger partial charge in [0.15, 0.2) is 0 Å². The van der Waals surface area contributed by atoms with Crippen molar-refractivity contribution in [2.24, 2.45) is 0 Å². The van der Waals surface area contributed by atoms with Crippen LogP contribution in [-0.4, -0.2) is 35.0 Å². The zero-order valence-corrected chi connectivity index (χ0v) is 22.2. The van der Waals surface area contributed by atoms with Crippen LogP contribution in [0.15, 0.2) is 66.7 Å². The Morgan fingerprint density at radius 3 is 2.36 bits per heavy atom. The SMILES string of the molecule is CC(C)(C)NC(=O)N1CCc2c(-c3cccc(C(F)(F)F)c3)ccc(C(=O)N[C@H]3C[C@@H]3c3ccccc3)c2C1. The molecule has 5 rings (SSSR count). The van der Waals surface area contributed by atoms with E-state index >= 15 is 0 Å². The van der Waals surface area contributed by atoms with Crippen molar-refractivity contribution < 1.29 is 22.8 Å². The second-order valence-corrected chi connectivity index (χ2v) is 11.4. The molecule has 2 atom stereocenters. The molecule has 2 N–H and O–H groups in total. The van der Waals surface area contributed by atoms with Gasteiger partial charge in [-0.05, 0) is 79.6 Å². The monoisotopic (exact) mass is 535 g/mol. The van der Waals surface area contributed by atoms with Gasteiger partial charge in [0.2, 0.25) is 0 Å². The number of carbonyl (C=O) groups is 2. The Kier molecular flexibility index (Phi) is 6.91. The lowest BCUT2D eigenvalue weighted by atomic mass is 9.87. The Hall–Kier alpha value is -3.81. The summed E-state index contributed by atoms with van der Waals surface area (Å²) in [6.07, 6.45) is -3.19. The molecule has 5 nitrogen and oxygen atoms in total. The van der Waals surface area contributed by atoms with E-state index in [4.69, 9.17) is 0 Å². The number of rotatable bonds is 4. The van der Waals surface area contributed by atoms with E-state index in [1.165, 1.54) is 11.6 Å². The summed E-state index contributed by atoms with van der Waals surface area (Å²) in [4.78, 5) is 28.2. The van der Waals surface area contributed by atoms with Gasteiger partial charge >= 0.3 is 12.2 Å². The van der Waals surface area contributed by atoms with Crippen molar-refractivity contribution in [2.45, 2.75) is 63.8 Å². The molecule has 0 unspecified atom stereocenters. The van der Waals surface area contributed by atoms with E-state index in [1.807, 2.05) is 51.1 Å². The first kappa shape index (κ1) is 26.8. The fourth-order valence-corrected chi connectivity index (χ4v) is 5.26. The standard InChI is InChI=1S/C31H32F3N3O2/c1-30(2,3)36-29(39)37-15-14-23-22(20-10-7-11-21(16-20)31(32,33)34)12-13-24(26(23)18-37)28(38)35-27-17-25(27)19-8-5-4-6-9-19/h4-13,16,25,27H,14-15,17-18H2,1-3H3,(H,35,38)(H,36,39)/t25-,27+/m1/s1. The van der Waals surface area contributed by atoms with Crippen LogP contribution in [0.3, 0.4) is 0 Å². The molecule has 1 aliphatic carbocycles. The molecule has 0 radical (unpaired) electrons. The first-order chi connectivity index (χ1) is 18.4. The molecule has 1 aliphatic heterocycles. The summed E-state index contributed by atoms with van der Waals surface area (Å²) < 4.78 is 40.3. The summed E-state index contributed by atoms with van der Waals surface area (Å²) in [6.45, 7) is 6.27. The highest BCUT2D eigenvalue weighted by Crippen LogP contribution is 2.41. The minimum atomic E-state index is -4.46. The molecule has 3 aromatic rings. The molecule has 0 spiro atoms. The lowest BCUT2D eigenvalue weighted by Crippen LogP contribution is -2.50. The minimum absolute atomic E-state index is 0.0163. The maximum Gasteiger partial charge on any atom is 0.416 e. The van der Waals surface area contributed by atoms with Crippen molar-refractivity contribution in [2.75, 3.05) is 6.54 Å². The molecule has 8 heteroatoms. The fourth-order valence-electron chi connectivity index (χ4n) is 5.26. The third-order valence-corrected chi connectivity index (χ3v) is 7.26. The van der Waals surface area contributed by atoms with Crippen molar-refractivity contribution >= 4 is 11.9 Å². The highest BCUT2D eigenvalue weighted by Gasteiger charge is 2.40. The molecule has 1 fully saturated rings. The predicted molar refractivity (Wildman–Crippen MR) is 144 cm³/mol. The smallest absolute Gasteiger partial charge is 0.349 e. The van der Waals surface area contributed by atoms with E-state index in [2.05, 4.69) is 10.6 Å². The Morgan fingerprint density at radius 1 is 0.923 bits per heavy atom. The van der Waals surface area contributed by atoms with Gasteiger partial charge in [0.1, 0.15) is 0 Å². The third-order valence-electron chi connectivity index (χ3n) is 7.26. The quantitative estimate of drug-likeness (QED) is 0.399. The normalized spacial score (nSPS) is 18.8. The van der Waals surface area contributed by atoms with Crippen molar-refractivity contribution in [3.8, 4) is 11.1 Å². The first-order valence-electron chi connectivity index (χ1n) is 13.2. The summed E-state index contributed by atoms with van der Waals surface area (Å²) in [7, 11) is 0. The summed E-state index contributed by atoms with van der Waals surface area (Å²) in [5.41, 5.74) is 3.03. The molecule has 1 heterocycles. The summed E-state index contributed by atoms with van der Waals surface area (Å²) in [5.74, 6) is 0.0211. The molecule has 3 aromatic carbocycles. The number of hydrogen-bond donors (Lipinski definition) is 2. The number of nitrogens with one attached hydrogen (secondary N) is 2. The molecule has 0 bridgehead atoms. The van der Waals surface area contributed by atoms with E-state index < -0.39 is 17.3 Å². The van der Waals surface area contributed by atoms with Crippen LogP contribution >= 0.6 is 0 Å². The number of hydrogen-bond acceptors (Lipinski definition) is 2. The second-order valence-electron chi connectivity index (χ2n) is 11.4. The van der Waals surface area contributed by atoms with Gasteiger partial charge in [-0.15, -0.1) is 0 Å². The molecule has 1 saturated carbocycles. The van der Waals surface area contributed by atoms with Crippen LogP contribution in [0.2, 0.25) is 0 Å². The predicted octanol–water partition coefficient (Wildman–Crippen LogP) is 6.52. The lowest BCUT2D eigenvalue weighted by molar-refractivity contribution is -0.137. The molecule has 0 aromatic heterocycles. The van der Waals surface area contributed by atoms with Gasteiger partial charge in [0.25, 0.3) is 5.91 Å². The van der Waals surface area contributed by atoms with E-state index in [1.54, 1.807) is 23.1 Å². The van der Waals surface area contributed by atoms with Gasteiger partial charge in [-0.2, -0.15) is 13.2 Å². The molecule has 2 aliphatic rings. The van der Waals surface area contributed by atoms with Gasteiger partial charge in [-0.1, -0.05) is 48.5 Å². The van der Waals surface area contributed by atoms with Crippen LogP contribution in [0, 0.1) is 0 Å². The van der Waals surface area contributed by atoms with Gasteiger partial charge in [-0.25, -0.2) is 4.79 Å². The van der Waals surface area contributed by atoms with E-state index in [0.29, 0.717) is 35.2 Å². The summed E-state index contributed by atoms with van der Waals surface area (Å²) >= 11 is 0. The maximum atomic E-state index is 13.5. The van der Waals surface area contributed by atoms with Crippen LogP contribution in [0.25, 0.3) is 11.1 Å². The van der Waals surface area contributed by atoms with Crippen LogP contribution in [0.5, 0.6) is 0 Å². The topological polar surface area (TPSA) is 61.4 Å². The fraction of sp³-hybridized carbons (Fsp3) is 0.355. The first-order valence-corrected chi connectivity index (χ1v) is 13.2. The minimum Gasteiger partial charge on any atom is -0.349 e. The second kappa shape index (κ2) is 10.1. The van der Waals surface area contributed by atoms with Gasteiger partial charge < -0.3 is 15.5 Å². The van der Waals surface area contributed by atoms with Crippen LogP contribution < -0.4 is 10.6 Å². The van der Waals surface area contributed by atoms with Crippen LogP contribution in [0.4, 0.5) is 18.0 Å². The van der Waals surface area contributed by atoms with Crippen molar-refractivity contribution in [3.63, 3.8) is 0 Å². The largest absolute Gasteiger partial charge is 0.416 e. The number of fused-ring (bicyclic) bond motifs is 1. The van der Waals surface area contributed by atoms with E-state index in [-0.39, 0.29) is 30.4 Å². The number of urea groups is 1. The third kappa shape index (κ3) is 5.95. The lowest BCUT2D eigenvalue weighted by Gasteiger charge is -2.34. The number of carbonyl (C=O) groups excluding carboxylic acids is 2. The Labute approximate surface area is 226 Å². The maximum absolute atomic E-state index is 13.5. The average Bonchev–Trinajstić information content (AvgIpc) is 3.65. The van der Waals surface area contributed by atoms with Crippen LogP contribution in [0.1, 0.15) is 65.7 Å². The number of benzene rings is 3. The number of halogens is 3. The Bertz CT molecular complexity index is 1400. The number of alkyl halides is 3. The molecule has 3 amide bonds. The number of nitrogens with zero attached hydrogens (tertiary/aromatic N) is 1. The highest BCUT2D eigenvalue weighted by atomic mass is 19.4. The van der Waals surface area contributed by atoms with E-state index in [0.717, 1.165) is 24.1 Å². The number of amides is 3. The van der Waals surface area contributed by atoms with Gasteiger partial charge in [-0.3, -0.25) is 4.79 Å². The van der Waals surface area contributed by atoms with Crippen molar-refractivity contribution in [1.29, 1.82) is 0 Å². The van der Waals surface area contributed by atoms with E-state index in [9.17, 15) is 22.8 Å². The van der Waals surface area contributed by atoms with Crippen LogP contribution in [-0.2, 0) is 19.1 Å². The van der Waals surface area contributed by atoms with Crippen molar-refractivity contribution in [3.05, 3.63) is 94.5 Å². The Morgan fingerprint density at radius 2 is 1.67 bits per heavy atom. The molecule has 204 valence electrons. The average molecular weight is 536 g/mol. The summed E-state index contributed by atoms with van der Waals surface area (Å²) in [6, 6.07) is 18.4. The Balaban J connectivity index is 1.47. The summed E-state index contributed by atoms with van der Waals surface area (Å²) in [5, 5.41) is 6.10. The molecular formula is C31H32F3N3O2. The molecule has 0 saturated heterocycles. The zero-order chi connectivity index (χ0) is 27.9. The van der Waals surface area contributed by atoms with Gasteiger partial charge in [0, 0.05) is 36.2 Å². The van der Waals surface area contributed by atoms with Crippen molar-refractivity contribution in [1.82, 2.24) is 15.5 Å². The zero-order valence-electron chi connectivity index (χ0n) is 22.2. The molecular weight excluding hydrogens is 503 g/mol. The van der Waals surface area contributed by atoms with Gasteiger partial charge in [0.05, 0.1) is 5.56 Å². The molecule has 39 heavy (non-hydrogen) atoms.